The van der Waals surface area contributed by atoms with Crippen molar-refractivity contribution in [3.8, 4) is 5.75 Å². The Bertz CT molecular complexity index is 935. The molecule has 0 aromatic heterocycles. The molecule has 3 amide bonds. The molecular weight excluding hydrogens is 457 g/mol. The van der Waals surface area contributed by atoms with Crippen LogP contribution in [0, 0.1) is 0 Å². The van der Waals surface area contributed by atoms with Crippen LogP contribution in [-0.2, 0) is 16.0 Å². The number of carbonyl (C=O) groups is 3. The number of halogens is 3. The second kappa shape index (κ2) is 11.0. The number of unbranched alkanes of at least 4 members (excludes halogenated alkanes) is 1. The van der Waals surface area contributed by atoms with Gasteiger partial charge >= 0.3 is 18.2 Å². The Balaban J connectivity index is 1.83. The van der Waals surface area contributed by atoms with E-state index < -0.39 is 40.8 Å². The number of quaternary nitrogens is 1. The Hall–Kier alpha value is -2.99. The van der Waals surface area contributed by atoms with Crippen LogP contribution < -0.4 is 10.2 Å². The van der Waals surface area contributed by atoms with Gasteiger partial charge in [-0.1, -0.05) is 17.2 Å². The van der Waals surface area contributed by atoms with Crippen LogP contribution in [0.1, 0.15) is 45.1 Å². The molecule has 2 rings (SSSR count). The normalized spacial score (nSPS) is 18.9. The molecule has 1 aliphatic heterocycles. The molecule has 1 aliphatic rings. The summed E-state index contributed by atoms with van der Waals surface area (Å²) in [6.07, 6.45) is -2.83. The Labute approximate surface area is 195 Å². The number of hydrogen-bond acceptors (Lipinski definition) is 6. The molecule has 0 aliphatic carbocycles. The molecule has 1 unspecified atom stereocenters. The first-order valence-electron chi connectivity index (χ1n) is 10.8. The number of benzene rings is 1. The van der Waals surface area contributed by atoms with E-state index in [1.54, 1.807) is 18.2 Å². The van der Waals surface area contributed by atoms with Gasteiger partial charge in [-0.25, -0.2) is 14.5 Å². The first-order valence-corrected chi connectivity index (χ1v) is 10.8. The van der Waals surface area contributed by atoms with E-state index in [-0.39, 0.29) is 13.0 Å². The van der Waals surface area contributed by atoms with Crippen LogP contribution in [0.5, 0.6) is 5.75 Å². The molecule has 1 atom stereocenters. The number of rotatable bonds is 12. The summed E-state index contributed by atoms with van der Waals surface area (Å²) in [7, 11) is 1.42. The molecule has 188 valence electrons. The van der Waals surface area contributed by atoms with Crippen molar-refractivity contribution >= 4 is 24.1 Å². The third-order valence-corrected chi connectivity index (χ3v) is 5.21. The first-order chi connectivity index (χ1) is 15.7. The highest BCUT2D eigenvalue weighted by molar-refractivity contribution is 6.30. The number of amides is 3. The smallest absolute Gasteiger partial charge is 0.472 e. The van der Waals surface area contributed by atoms with Crippen LogP contribution in [0.3, 0.4) is 0 Å². The van der Waals surface area contributed by atoms with Crippen molar-refractivity contribution in [1.29, 1.82) is 0 Å². The largest absolute Gasteiger partial charge is 0.478 e. The van der Waals surface area contributed by atoms with E-state index in [4.69, 9.17) is 4.74 Å². The monoisotopic (exact) mass is 487 g/mol. The highest BCUT2D eigenvalue weighted by Crippen LogP contribution is 2.23. The number of carboxylic acid groups (broad SMARTS) is 1. The number of ether oxygens (including phenoxy) is 1. The van der Waals surface area contributed by atoms with Crippen LogP contribution >= 0.6 is 0 Å². The minimum absolute atomic E-state index is 0.337. The van der Waals surface area contributed by atoms with Gasteiger partial charge in [0, 0.05) is 19.5 Å². The zero-order valence-electron chi connectivity index (χ0n) is 19.4. The molecule has 0 saturated carbocycles. The van der Waals surface area contributed by atoms with Crippen LogP contribution in [0.25, 0.3) is 0 Å². The van der Waals surface area contributed by atoms with Crippen LogP contribution in [0.4, 0.5) is 18.0 Å². The number of imide groups is 1. The van der Waals surface area contributed by atoms with Crippen molar-refractivity contribution in [2.75, 3.05) is 20.1 Å². The number of nitrogens with zero attached hydrogens (tertiary/aromatic N) is 3. The standard InChI is InChI=1S/C22H29F3N4O5/c1-21(2,19(31)32)34-17-10-6-9-16(14-17)8-4-5-12-26-29(3)20(33)28(18(30)15-27-29)13-7-11-22(23,24)25/h6,9-10,14-15,26H,4-5,7-8,11-13H2,1-3H3/p+1. The molecule has 1 aromatic carbocycles. The predicted octanol–water partition coefficient (Wildman–Crippen LogP) is 3.49. The number of urea groups is 1. The fourth-order valence-corrected chi connectivity index (χ4v) is 3.22. The Morgan fingerprint density at radius 1 is 1.21 bits per heavy atom. The Kier molecular flexibility index (Phi) is 8.78. The lowest BCUT2D eigenvalue weighted by Gasteiger charge is -2.31. The van der Waals surface area contributed by atoms with Crippen molar-refractivity contribution in [2.24, 2.45) is 5.10 Å². The van der Waals surface area contributed by atoms with E-state index in [9.17, 15) is 32.7 Å². The van der Waals surface area contributed by atoms with Gasteiger partial charge in [0.25, 0.3) is 5.91 Å². The second-order valence-electron chi connectivity index (χ2n) is 8.62. The minimum atomic E-state index is -4.36. The summed E-state index contributed by atoms with van der Waals surface area (Å²) in [5, 5.41) is 13.1. The van der Waals surface area contributed by atoms with Crippen LogP contribution in [-0.4, -0.2) is 70.7 Å². The second-order valence-corrected chi connectivity index (χ2v) is 8.62. The number of alkyl halides is 3. The van der Waals surface area contributed by atoms with Gasteiger partial charge in [0.15, 0.2) is 11.8 Å². The van der Waals surface area contributed by atoms with Gasteiger partial charge in [0.2, 0.25) is 0 Å². The minimum Gasteiger partial charge on any atom is -0.478 e. The van der Waals surface area contributed by atoms with Gasteiger partial charge in [-0.05, 0) is 61.9 Å². The van der Waals surface area contributed by atoms with Crippen molar-refractivity contribution < 1.29 is 42.1 Å². The van der Waals surface area contributed by atoms with Crippen LogP contribution in [0.15, 0.2) is 29.4 Å². The van der Waals surface area contributed by atoms with E-state index in [1.165, 1.54) is 20.9 Å². The molecule has 0 bridgehead atoms. The molecule has 0 saturated heterocycles. The SMILES string of the molecule is CC(C)(Oc1cccc(CCCCN[N+]2(C)N=CC(=O)N(CCCC(F)(F)F)C2=O)c1)C(=O)O. The molecule has 0 radical (unpaired) electrons. The number of aliphatic carboxylic acids is 1. The number of aryl methyl sites for hydroxylation is 1. The maximum absolute atomic E-state index is 12.7. The maximum Gasteiger partial charge on any atom is 0.472 e. The van der Waals surface area contributed by atoms with Gasteiger partial charge in [0.1, 0.15) is 12.8 Å². The first kappa shape index (κ1) is 27.3. The van der Waals surface area contributed by atoms with Gasteiger partial charge in [-0.3, -0.25) is 4.79 Å². The molecule has 12 heteroatoms. The zero-order valence-corrected chi connectivity index (χ0v) is 19.4. The molecule has 9 nitrogen and oxygen atoms in total. The van der Waals surface area contributed by atoms with Gasteiger partial charge in [-0.15, -0.1) is 5.43 Å². The molecule has 0 fully saturated rings. The van der Waals surface area contributed by atoms with E-state index in [1.807, 2.05) is 6.07 Å². The summed E-state index contributed by atoms with van der Waals surface area (Å²) in [5.41, 5.74) is 2.53. The highest BCUT2D eigenvalue weighted by atomic mass is 19.4. The molecule has 34 heavy (non-hydrogen) atoms. The quantitative estimate of drug-likeness (QED) is 0.345. The maximum atomic E-state index is 12.7. The summed E-state index contributed by atoms with van der Waals surface area (Å²) in [4.78, 5) is 36.6. The fourth-order valence-electron chi connectivity index (χ4n) is 3.22. The van der Waals surface area contributed by atoms with Crippen molar-refractivity contribution in [3.05, 3.63) is 29.8 Å². The lowest BCUT2D eigenvalue weighted by Crippen LogP contribution is -2.64. The highest BCUT2D eigenvalue weighted by Gasteiger charge is 2.44. The molecular formula is C22H30F3N4O5+. The molecule has 1 heterocycles. The van der Waals surface area contributed by atoms with E-state index >= 15 is 0 Å². The fraction of sp³-hybridized carbons (Fsp3) is 0.545. The lowest BCUT2D eigenvalue weighted by molar-refractivity contribution is -0.885. The van der Waals surface area contributed by atoms with E-state index in [0.717, 1.165) is 23.1 Å². The van der Waals surface area contributed by atoms with Crippen molar-refractivity contribution in [2.45, 2.75) is 57.7 Å². The van der Waals surface area contributed by atoms with Gasteiger partial charge in [-0.2, -0.15) is 13.2 Å². The average Bonchev–Trinajstić information content (AvgIpc) is 2.72. The topological polar surface area (TPSA) is 108 Å². The number of nitrogens with one attached hydrogen (secondary N) is 1. The summed E-state index contributed by atoms with van der Waals surface area (Å²) >= 11 is 0. The number of carboxylic acids is 1. The molecule has 2 N–H and O–H groups in total. The predicted molar refractivity (Wildman–Crippen MR) is 117 cm³/mol. The summed E-state index contributed by atoms with van der Waals surface area (Å²) < 4.78 is 42.0. The van der Waals surface area contributed by atoms with E-state index in [2.05, 4.69) is 10.5 Å². The third kappa shape index (κ3) is 7.80. The summed E-state index contributed by atoms with van der Waals surface area (Å²) in [6, 6.07) is 6.39. The van der Waals surface area contributed by atoms with Gasteiger partial charge in [0.05, 0.1) is 0 Å². The number of hydrogen-bond donors (Lipinski definition) is 2. The molecule has 0 spiro atoms. The summed E-state index contributed by atoms with van der Waals surface area (Å²) in [5.74, 6) is -1.36. The van der Waals surface area contributed by atoms with Gasteiger partial charge < -0.3 is 9.84 Å². The average molecular weight is 487 g/mol. The summed E-state index contributed by atoms with van der Waals surface area (Å²) in [6.45, 7) is 2.96. The number of carbonyl (C=O) groups excluding carboxylic acids is 2. The Morgan fingerprint density at radius 2 is 1.91 bits per heavy atom. The Morgan fingerprint density at radius 3 is 2.56 bits per heavy atom. The van der Waals surface area contributed by atoms with Crippen LogP contribution in [0.2, 0.25) is 0 Å². The zero-order chi connectivity index (χ0) is 25.6. The molecule has 1 aromatic rings. The van der Waals surface area contributed by atoms with Crippen molar-refractivity contribution in [1.82, 2.24) is 10.3 Å². The lowest BCUT2D eigenvalue weighted by atomic mass is 10.1. The van der Waals surface area contributed by atoms with E-state index in [0.29, 0.717) is 25.1 Å². The van der Waals surface area contributed by atoms with Crippen molar-refractivity contribution in [3.63, 3.8) is 0 Å². The third-order valence-electron chi connectivity index (χ3n) is 5.21.